The van der Waals surface area contributed by atoms with E-state index in [2.05, 4.69) is 9.69 Å². The zero-order chi connectivity index (χ0) is 26.2. The van der Waals surface area contributed by atoms with Gasteiger partial charge in [0.2, 0.25) is 0 Å². The minimum absolute atomic E-state index is 0.300. The Kier molecular flexibility index (Phi) is 7.08. The normalized spacial score (nSPS) is 14.6. The third kappa shape index (κ3) is 5.14. The molecule has 37 heavy (non-hydrogen) atoms. The minimum Gasteiger partial charge on any atom is -0.441 e. The van der Waals surface area contributed by atoms with Gasteiger partial charge in [-0.05, 0) is 67.0 Å². The lowest BCUT2D eigenvalue weighted by atomic mass is 9.94. The molecule has 1 N–H and O–H groups in total. The molecule has 1 amide bonds. The number of carbonyl (C=O) groups excluding carboxylic acids is 2. The number of amides is 1. The van der Waals surface area contributed by atoms with Crippen molar-refractivity contribution < 1.29 is 14.3 Å². The van der Waals surface area contributed by atoms with Crippen LogP contribution in [0.5, 0.6) is 0 Å². The third-order valence-corrected chi connectivity index (χ3v) is 8.38. The van der Waals surface area contributed by atoms with E-state index in [4.69, 9.17) is 27.9 Å². The molecular formula is C29H24Cl2N2O3S. The van der Waals surface area contributed by atoms with E-state index in [0.29, 0.717) is 21.4 Å². The van der Waals surface area contributed by atoms with E-state index in [9.17, 15) is 9.59 Å². The lowest BCUT2D eigenvalue weighted by Crippen LogP contribution is -2.16. The number of nitrogens with one attached hydrogen (secondary N) is 1. The van der Waals surface area contributed by atoms with E-state index >= 15 is 0 Å². The van der Waals surface area contributed by atoms with Crippen LogP contribution in [0.25, 0.3) is 21.6 Å². The molecule has 1 unspecified atom stereocenters. The first-order valence-electron chi connectivity index (χ1n) is 11.9. The Labute approximate surface area is 229 Å². The fourth-order valence-electron chi connectivity index (χ4n) is 4.36. The van der Waals surface area contributed by atoms with Crippen molar-refractivity contribution in [2.45, 2.75) is 38.2 Å². The van der Waals surface area contributed by atoms with Crippen LogP contribution in [0.4, 0.5) is 10.5 Å². The monoisotopic (exact) mass is 550 g/mol. The van der Waals surface area contributed by atoms with Gasteiger partial charge in [-0.25, -0.2) is 4.79 Å². The van der Waals surface area contributed by atoms with Crippen LogP contribution in [0.3, 0.4) is 0 Å². The maximum absolute atomic E-state index is 12.7. The van der Waals surface area contributed by atoms with Gasteiger partial charge in [0.15, 0.2) is 0 Å². The van der Waals surface area contributed by atoms with Crippen molar-refractivity contribution in [3.63, 3.8) is 0 Å². The number of nitrogens with zero attached hydrogens (tertiary/aromatic N) is 1. The summed E-state index contributed by atoms with van der Waals surface area (Å²) in [6, 6.07) is 21.1. The average Bonchev–Trinajstić information content (AvgIpc) is 3.62. The molecule has 1 heterocycles. The minimum atomic E-state index is -0.594. The average molecular weight is 551 g/mol. The van der Waals surface area contributed by atoms with Gasteiger partial charge >= 0.3 is 6.09 Å². The number of hydrogen-bond donors (Lipinski definition) is 1. The summed E-state index contributed by atoms with van der Waals surface area (Å²) in [6.07, 6.45) is 1.75. The Balaban J connectivity index is 1.34. The van der Waals surface area contributed by atoms with Gasteiger partial charge in [-0.2, -0.15) is 4.37 Å². The Morgan fingerprint density at radius 3 is 2.41 bits per heavy atom. The van der Waals surface area contributed by atoms with Crippen molar-refractivity contribution >= 4 is 52.8 Å². The Hall–Kier alpha value is -3.19. The first-order valence-corrected chi connectivity index (χ1v) is 13.4. The number of hydrogen-bond acceptors (Lipinski definition) is 5. The molecule has 0 radical (unpaired) electrons. The van der Waals surface area contributed by atoms with Crippen LogP contribution < -0.4 is 5.32 Å². The molecular weight excluding hydrogens is 527 g/mol. The van der Waals surface area contributed by atoms with Gasteiger partial charge in [0.05, 0.1) is 21.7 Å². The first kappa shape index (κ1) is 25.5. The number of aldehydes is 1. The second-order valence-corrected chi connectivity index (χ2v) is 10.8. The molecule has 5 rings (SSSR count). The summed E-state index contributed by atoms with van der Waals surface area (Å²) in [7, 11) is 0. The van der Waals surface area contributed by atoms with Crippen LogP contribution in [0, 0.1) is 6.92 Å². The van der Waals surface area contributed by atoms with Gasteiger partial charge < -0.3 is 9.53 Å². The summed E-state index contributed by atoms with van der Waals surface area (Å²) in [4.78, 5) is 24.9. The van der Waals surface area contributed by atoms with Crippen molar-refractivity contribution in [2.75, 3.05) is 5.32 Å². The van der Waals surface area contributed by atoms with Gasteiger partial charge in [-0.15, -0.1) is 0 Å². The highest BCUT2D eigenvalue weighted by Crippen LogP contribution is 2.47. The van der Waals surface area contributed by atoms with Crippen LogP contribution in [0.1, 0.15) is 42.7 Å². The SMILES string of the molecule is Cc1nsc(-c2ccc(-c3ccc(C4(C=O)CC4)cc3)c(Cl)c2)c1NC(=O)OC(C)c1ccccc1Cl. The van der Waals surface area contributed by atoms with Crippen LogP contribution in [0.15, 0.2) is 66.7 Å². The summed E-state index contributed by atoms with van der Waals surface area (Å²) in [6.45, 7) is 3.60. The summed E-state index contributed by atoms with van der Waals surface area (Å²) in [5.41, 5.74) is 5.43. The van der Waals surface area contributed by atoms with Gasteiger partial charge in [-0.1, -0.05) is 77.8 Å². The van der Waals surface area contributed by atoms with Crippen molar-refractivity contribution in [3.8, 4) is 21.6 Å². The molecule has 1 aromatic heterocycles. The summed E-state index contributed by atoms with van der Waals surface area (Å²) >= 11 is 14.2. The fraction of sp³-hybridized carbons (Fsp3) is 0.207. The molecule has 0 spiro atoms. The number of aryl methyl sites for hydroxylation is 1. The predicted octanol–water partition coefficient (Wildman–Crippen LogP) is 8.63. The molecule has 1 fully saturated rings. The van der Waals surface area contributed by atoms with Gasteiger partial charge in [0, 0.05) is 21.2 Å². The number of rotatable bonds is 7. The highest BCUT2D eigenvalue weighted by Gasteiger charge is 2.44. The van der Waals surface area contributed by atoms with E-state index in [1.807, 2.05) is 67.6 Å². The van der Waals surface area contributed by atoms with Crippen molar-refractivity contribution in [1.29, 1.82) is 0 Å². The maximum Gasteiger partial charge on any atom is 0.412 e. The molecule has 4 aromatic rings. The van der Waals surface area contributed by atoms with Crippen molar-refractivity contribution in [1.82, 2.24) is 4.37 Å². The van der Waals surface area contributed by atoms with E-state index < -0.39 is 12.2 Å². The number of aromatic nitrogens is 1. The molecule has 5 nitrogen and oxygen atoms in total. The molecule has 1 saturated carbocycles. The zero-order valence-electron chi connectivity index (χ0n) is 20.3. The zero-order valence-corrected chi connectivity index (χ0v) is 22.6. The Morgan fingerprint density at radius 1 is 1.05 bits per heavy atom. The molecule has 1 aliphatic rings. The number of halogens is 2. The Bertz CT molecular complexity index is 1480. The van der Waals surface area contributed by atoms with E-state index in [1.165, 1.54) is 11.5 Å². The molecule has 0 aliphatic heterocycles. The summed E-state index contributed by atoms with van der Waals surface area (Å²) in [5, 5.41) is 3.96. The van der Waals surface area contributed by atoms with E-state index in [0.717, 1.165) is 51.8 Å². The fourth-order valence-corrected chi connectivity index (χ4v) is 5.78. The van der Waals surface area contributed by atoms with Crippen LogP contribution in [-0.2, 0) is 14.9 Å². The smallest absolute Gasteiger partial charge is 0.412 e. The number of anilines is 1. The molecule has 0 bridgehead atoms. The second-order valence-electron chi connectivity index (χ2n) is 9.21. The highest BCUT2D eigenvalue weighted by atomic mass is 35.5. The number of carbonyl (C=O) groups is 2. The largest absolute Gasteiger partial charge is 0.441 e. The van der Waals surface area contributed by atoms with E-state index in [-0.39, 0.29) is 5.41 Å². The molecule has 0 saturated heterocycles. The van der Waals surface area contributed by atoms with Gasteiger partial charge in [-0.3, -0.25) is 5.32 Å². The molecule has 188 valence electrons. The standard InChI is InChI=1S/C29H24Cl2N2O3S/c1-17-26(32-28(35)36-18(2)22-5-3-4-6-24(22)30)27(37-33-17)20-9-12-23(25(31)15-20)19-7-10-21(11-8-19)29(16-34)13-14-29/h3-12,15-16,18H,13-14H2,1-2H3,(H,32,35). The quantitative estimate of drug-likeness (QED) is 0.234. The first-order chi connectivity index (χ1) is 17.8. The summed E-state index contributed by atoms with van der Waals surface area (Å²) < 4.78 is 10.0. The predicted molar refractivity (Wildman–Crippen MR) is 150 cm³/mol. The molecule has 1 aliphatic carbocycles. The number of ether oxygens (including phenoxy) is 1. The van der Waals surface area contributed by atoms with Crippen LogP contribution >= 0.6 is 34.7 Å². The van der Waals surface area contributed by atoms with Gasteiger partial charge in [0.1, 0.15) is 12.4 Å². The van der Waals surface area contributed by atoms with E-state index in [1.54, 1.807) is 13.0 Å². The van der Waals surface area contributed by atoms with Crippen LogP contribution in [0.2, 0.25) is 10.0 Å². The number of benzene rings is 3. The third-order valence-electron chi connectivity index (χ3n) is 6.73. The molecule has 1 atom stereocenters. The molecule has 3 aromatic carbocycles. The van der Waals surface area contributed by atoms with Crippen molar-refractivity contribution in [3.05, 3.63) is 93.6 Å². The van der Waals surface area contributed by atoms with Crippen LogP contribution in [-0.4, -0.2) is 16.8 Å². The Morgan fingerprint density at radius 2 is 1.76 bits per heavy atom. The van der Waals surface area contributed by atoms with Crippen molar-refractivity contribution in [2.24, 2.45) is 0 Å². The highest BCUT2D eigenvalue weighted by molar-refractivity contribution is 7.10. The summed E-state index contributed by atoms with van der Waals surface area (Å²) in [5.74, 6) is 0. The maximum atomic E-state index is 12.7. The topological polar surface area (TPSA) is 68.3 Å². The lowest BCUT2D eigenvalue weighted by Gasteiger charge is -2.16. The lowest BCUT2D eigenvalue weighted by molar-refractivity contribution is -0.109. The second kappa shape index (κ2) is 10.3. The van der Waals surface area contributed by atoms with Gasteiger partial charge in [0.25, 0.3) is 0 Å². The molecule has 8 heteroatoms.